The largest absolute Gasteiger partial charge is 0.504 e. The van der Waals surface area contributed by atoms with E-state index in [9.17, 15) is 19.8 Å². The third-order valence-electron chi connectivity index (χ3n) is 3.68. The Morgan fingerprint density at radius 1 is 1.20 bits per heavy atom. The number of H-pyrrole nitrogens is 1. The number of carbonyl (C=O) groups excluding carboxylic acids is 1. The fraction of sp³-hybridized carbons (Fsp3) is 0.111. The zero-order chi connectivity index (χ0) is 18.0. The van der Waals surface area contributed by atoms with Crippen LogP contribution in [0.25, 0.3) is 22.2 Å². The minimum atomic E-state index is -0.597. The van der Waals surface area contributed by atoms with E-state index in [2.05, 4.69) is 10.3 Å². The topological polar surface area (TPSA) is 112 Å². The predicted molar refractivity (Wildman–Crippen MR) is 94.0 cm³/mol. The van der Waals surface area contributed by atoms with Gasteiger partial charge in [0.1, 0.15) is 0 Å². The van der Waals surface area contributed by atoms with Crippen molar-refractivity contribution in [3.63, 3.8) is 0 Å². The van der Waals surface area contributed by atoms with E-state index in [1.807, 2.05) is 0 Å². The zero-order valence-electron chi connectivity index (χ0n) is 13.4. The summed E-state index contributed by atoms with van der Waals surface area (Å²) in [5.74, 6) is -0.835. The Morgan fingerprint density at radius 3 is 2.72 bits per heavy atom. The molecule has 3 aromatic rings. The van der Waals surface area contributed by atoms with Crippen molar-refractivity contribution >= 4 is 22.7 Å². The van der Waals surface area contributed by atoms with Crippen LogP contribution in [0.3, 0.4) is 0 Å². The molecule has 0 aliphatic carbocycles. The summed E-state index contributed by atoms with van der Waals surface area (Å²) in [4.78, 5) is 27.1. The van der Waals surface area contributed by atoms with Gasteiger partial charge in [0, 0.05) is 11.6 Å². The summed E-state index contributed by atoms with van der Waals surface area (Å²) in [5.41, 5.74) is 1.42. The maximum Gasteiger partial charge on any atom is 0.411 e. The molecule has 0 spiro atoms. The van der Waals surface area contributed by atoms with Crippen molar-refractivity contribution in [1.82, 2.24) is 4.98 Å². The molecule has 1 amide bonds. The van der Waals surface area contributed by atoms with Gasteiger partial charge in [0.25, 0.3) is 0 Å². The van der Waals surface area contributed by atoms with Crippen molar-refractivity contribution in [3.8, 4) is 22.8 Å². The summed E-state index contributed by atoms with van der Waals surface area (Å²) >= 11 is 0. The minimum absolute atomic E-state index is 0.000386. The summed E-state index contributed by atoms with van der Waals surface area (Å²) < 4.78 is 4.88. The van der Waals surface area contributed by atoms with Gasteiger partial charge < -0.3 is 19.9 Å². The van der Waals surface area contributed by atoms with Crippen LogP contribution in [0.15, 0.2) is 47.3 Å². The van der Waals surface area contributed by atoms with Crippen molar-refractivity contribution in [2.24, 2.45) is 0 Å². The van der Waals surface area contributed by atoms with Gasteiger partial charge in [-0.1, -0.05) is 18.2 Å². The van der Waals surface area contributed by atoms with Crippen molar-refractivity contribution < 1.29 is 19.7 Å². The van der Waals surface area contributed by atoms with E-state index in [1.54, 1.807) is 31.2 Å². The summed E-state index contributed by atoms with van der Waals surface area (Å²) in [5, 5.41) is 22.1. The molecule has 0 bridgehead atoms. The van der Waals surface area contributed by atoms with Crippen molar-refractivity contribution in [3.05, 3.63) is 52.7 Å². The van der Waals surface area contributed by atoms with E-state index in [1.165, 1.54) is 18.2 Å². The number of carbonyl (C=O) groups is 1. The first-order chi connectivity index (χ1) is 12.0. The molecule has 0 unspecified atom stereocenters. The van der Waals surface area contributed by atoms with Crippen molar-refractivity contribution in [2.45, 2.75) is 6.92 Å². The Bertz CT molecular complexity index is 1010. The first-order valence-electron chi connectivity index (χ1n) is 7.62. The number of amides is 1. The number of pyridine rings is 1. The lowest BCUT2D eigenvalue weighted by molar-refractivity contribution is 0.168. The second-order valence-electron chi connectivity index (χ2n) is 5.29. The molecule has 2 aromatic carbocycles. The number of para-hydroxylation sites is 1. The number of phenolic OH excluding ortho intramolecular Hbond substituents is 2. The highest BCUT2D eigenvalue weighted by molar-refractivity contribution is 5.93. The average molecular weight is 340 g/mol. The van der Waals surface area contributed by atoms with E-state index in [4.69, 9.17) is 4.74 Å². The van der Waals surface area contributed by atoms with E-state index in [-0.39, 0.29) is 17.7 Å². The smallest absolute Gasteiger partial charge is 0.411 e. The highest BCUT2D eigenvalue weighted by atomic mass is 16.5. The number of anilines is 1. The summed E-state index contributed by atoms with van der Waals surface area (Å²) in [6.07, 6.45) is -0.597. The number of rotatable bonds is 3. The normalized spacial score (nSPS) is 10.6. The summed E-state index contributed by atoms with van der Waals surface area (Å²) in [6, 6.07) is 11.0. The molecule has 3 rings (SSSR count). The lowest BCUT2D eigenvalue weighted by Gasteiger charge is -2.12. The average Bonchev–Trinajstić information content (AvgIpc) is 2.58. The number of aromatic hydroxyl groups is 2. The molecule has 0 atom stereocenters. The standard InChI is InChI=1S/C18H16N2O5/c1-2-25-18(24)20-11-6-4-3-5-10(11)13-9-15(22)16-12(19-13)7-8-14(21)17(16)23/h3-9,21,23H,2H2,1H3,(H,19,22)(H,20,24). The van der Waals surface area contributed by atoms with E-state index in [0.717, 1.165) is 0 Å². The fourth-order valence-corrected chi connectivity index (χ4v) is 2.57. The molecule has 1 aromatic heterocycles. The lowest BCUT2D eigenvalue weighted by Crippen LogP contribution is -2.14. The number of phenols is 2. The van der Waals surface area contributed by atoms with E-state index in [0.29, 0.717) is 22.5 Å². The summed E-state index contributed by atoms with van der Waals surface area (Å²) in [6.45, 7) is 1.94. The highest BCUT2D eigenvalue weighted by Crippen LogP contribution is 2.32. The van der Waals surface area contributed by atoms with E-state index >= 15 is 0 Å². The second kappa shape index (κ2) is 6.56. The Labute approximate surface area is 142 Å². The number of benzene rings is 2. The molecule has 0 radical (unpaired) electrons. The van der Waals surface area contributed by atoms with Crippen molar-refractivity contribution in [1.29, 1.82) is 0 Å². The molecule has 7 nitrogen and oxygen atoms in total. The fourth-order valence-electron chi connectivity index (χ4n) is 2.57. The minimum Gasteiger partial charge on any atom is -0.504 e. The number of nitrogens with one attached hydrogen (secondary N) is 2. The van der Waals surface area contributed by atoms with Crippen LogP contribution in [0.4, 0.5) is 10.5 Å². The molecule has 7 heteroatoms. The van der Waals surface area contributed by atoms with Gasteiger partial charge in [-0.15, -0.1) is 0 Å². The Balaban J connectivity index is 2.13. The number of hydrogen-bond acceptors (Lipinski definition) is 5. The monoisotopic (exact) mass is 340 g/mol. The molecule has 128 valence electrons. The van der Waals surface area contributed by atoms with Crippen LogP contribution in [0, 0.1) is 0 Å². The Kier molecular flexibility index (Phi) is 4.30. The van der Waals surface area contributed by atoms with Crippen LogP contribution < -0.4 is 10.7 Å². The molecule has 25 heavy (non-hydrogen) atoms. The number of fused-ring (bicyclic) bond motifs is 1. The third-order valence-corrected chi connectivity index (χ3v) is 3.68. The molecule has 1 heterocycles. The first kappa shape index (κ1) is 16.4. The van der Waals surface area contributed by atoms with Crippen LogP contribution in [-0.4, -0.2) is 27.9 Å². The number of aromatic nitrogens is 1. The third kappa shape index (κ3) is 3.12. The van der Waals surface area contributed by atoms with Crippen LogP contribution >= 0.6 is 0 Å². The predicted octanol–water partition coefficient (Wildman–Crippen LogP) is 3.17. The number of aromatic amines is 1. The second-order valence-corrected chi connectivity index (χ2v) is 5.29. The molecule has 0 saturated heterocycles. The maximum atomic E-state index is 12.4. The van der Waals surface area contributed by atoms with Gasteiger partial charge in [-0.3, -0.25) is 10.1 Å². The molecular formula is C18H16N2O5. The van der Waals surface area contributed by atoms with Crippen LogP contribution in [0.1, 0.15) is 6.92 Å². The SMILES string of the molecule is CCOC(=O)Nc1ccccc1-c1cc(=O)c2c(O)c(O)ccc2[nH]1. The lowest BCUT2D eigenvalue weighted by atomic mass is 10.1. The maximum absolute atomic E-state index is 12.4. The van der Waals surface area contributed by atoms with Gasteiger partial charge in [0.2, 0.25) is 0 Å². The Morgan fingerprint density at radius 2 is 1.96 bits per heavy atom. The van der Waals surface area contributed by atoms with Gasteiger partial charge in [-0.05, 0) is 25.1 Å². The van der Waals surface area contributed by atoms with Crippen molar-refractivity contribution in [2.75, 3.05) is 11.9 Å². The van der Waals surface area contributed by atoms with Crippen LogP contribution in [0.2, 0.25) is 0 Å². The number of hydrogen-bond donors (Lipinski definition) is 4. The van der Waals surface area contributed by atoms with Gasteiger partial charge in [0.05, 0.1) is 28.9 Å². The molecule has 0 aliphatic rings. The number of ether oxygens (including phenoxy) is 1. The van der Waals surface area contributed by atoms with Crippen LogP contribution in [0.5, 0.6) is 11.5 Å². The van der Waals surface area contributed by atoms with Gasteiger partial charge in [0.15, 0.2) is 16.9 Å². The Hall–Kier alpha value is -3.48. The molecular weight excluding hydrogens is 324 g/mol. The van der Waals surface area contributed by atoms with E-state index < -0.39 is 17.3 Å². The van der Waals surface area contributed by atoms with Gasteiger partial charge in [-0.25, -0.2) is 4.79 Å². The quantitative estimate of drug-likeness (QED) is 0.547. The molecule has 0 aliphatic heterocycles. The van der Waals surface area contributed by atoms with Crippen LogP contribution in [-0.2, 0) is 4.74 Å². The summed E-state index contributed by atoms with van der Waals surface area (Å²) in [7, 11) is 0. The zero-order valence-corrected chi connectivity index (χ0v) is 13.4. The van der Waals surface area contributed by atoms with Gasteiger partial charge in [-0.2, -0.15) is 0 Å². The van der Waals surface area contributed by atoms with Gasteiger partial charge >= 0.3 is 6.09 Å². The molecule has 4 N–H and O–H groups in total. The first-order valence-corrected chi connectivity index (χ1v) is 7.62. The highest BCUT2D eigenvalue weighted by Gasteiger charge is 2.14. The molecule has 0 saturated carbocycles. The molecule has 0 fully saturated rings.